The summed E-state index contributed by atoms with van der Waals surface area (Å²) in [7, 11) is 3.71. The summed E-state index contributed by atoms with van der Waals surface area (Å²) in [5.41, 5.74) is 1.18. The Morgan fingerprint density at radius 3 is 2.82 bits per heavy atom. The molecule has 28 heavy (non-hydrogen) atoms. The summed E-state index contributed by atoms with van der Waals surface area (Å²) in [5.74, 6) is 1.05. The molecular formula is C21H35N5OS. The molecule has 2 N–H and O–H groups in total. The summed E-state index contributed by atoms with van der Waals surface area (Å²) in [6, 6.07) is 2.26. The Balaban J connectivity index is 1.53. The molecule has 0 unspecified atom stereocenters. The van der Waals surface area contributed by atoms with Crippen molar-refractivity contribution in [2.24, 2.45) is 10.4 Å². The van der Waals surface area contributed by atoms with Crippen LogP contribution < -0.4 is 10.6 Å². The van der Waals surface area contributed by atoms with Gasteiger partial charge in [0.05, 0.1) is 12.0 Å². The lowest BCUT2D eigenvalue weighted by Crippen LogP contribution is -2.44. The van der Waals surface area contributed by atoms with Crippen LogP contribution in [0.3, 0.4) is 0 Å². The Bertz CT molecular complexity index is 678. The van der Waals surface area contributed by atoms with Gasteiger partial charge in [0, 0.05) is 51.7 Å². The molecule has 7 heteroatoms. The van der Waals surface area contributed by atoms with Gasteiger partial charge in [-0.25, -0.2) is 0 Å². The first-order chi connectivity index (χ1) is 13.5. The van der Waals surface area contributed by atoms with Crippen molar-refractivity contribution in [2.75, 3.05) is 46.8 Å². The minimum Gasteiger partial charge on any atom is -0.357 e. The minimum atomic E-state index is -0.311. The molecule has 0 radical (unpaired) electrons. The maximum Gasteiger partial charge on any atom is 0.230 e. The summed E-state index contributed by atoms with van der Waals surface area (Å²) in [6.45, 7) is 7.51. The fourth-order valence-electron chi connectivity index (χ4n) is 4.37. The van der Waals surface area contributed by atoms with Crippen molar-refractivity contribution >= 4 is 23.2 Å². The average Bonchev–Trinajstić information content (AvgIpc) is 3.35. The third-order valence-electron chi connectivity index (χ3n) is 5.91. The number of guanidine groups is 1. The predicted molar refractivity (Wildman–Crippen MR) is 117 cm³/mol. The van der Waals surface area contributed by atoms with E-state index in [2.05, 4.69) is 33.9 Å². The summed E-state index contributed by atoms with van der Waals surface area (Å²) in [5, 5.41) is 9.01. The second-order valence-corrected chi connectivity index (χ2v) is 9.20. The molecule has 0 bridgehead atoms. The van der Waals surface area contributed by atoms with Gasteiger partial charge in [-0.05, 0) is 43.2 Å². The number of fused-ring (bicyclic) bond motifs is 1. The molecule has 1 saturated carbocycles. The number of carbonyl (C=O) groups is 1. The van der Waals surface area contributed by atoms with Crippen LogP contribution in [-0.2, 0) is 17.8 Å². The molecule has 2 heterocycles. The van der Waals surface area contributed by atoms with Crippen LogP contribution in [-0.4, -0.2) is 68.5 Å². The summed E-state index contributed by atoms with van der Waals surface area (Å²) in [6.07, 6.45) is 5.31. The highest BCUT2D eigenvalue weighted by atomic mass is 32.1. The van der Waals surface area contributed by atoms with Crippen molar-refractivity contribution < 1.29 is 4.79 Å². The van der Waals surface area contributed by atoms with E-state index in [1.807, 2.05) is 25.4 Å². The van der Waals surface area contributed by atoms with Crippen molar-refractivity contribution in [2.45, 2.75) is 45.6 Å². The molecule has 0 saturated heterocycles. The highest BCUT2D eigenvalue weighted by Crippen LogP contribution is 2.39. The van der Waals surface area contributed by atoms with Gasteiger partial charge in [-0.15, -0.1) is 11.3 Å². The van der Waals surface area contributed by atoms with Gasteiger partial charge in [0.2, 0.25) is 5.91 Å². The van der Waals surface area contributed by atoms with Crippen molar-refractivity contribution in [3.8, 4) is 0 Å². The molecular weight excluding hydrogens is 370 g/mol. The van der Waals surface area contributed by atoms with E-state index >= 15 is 0 Å². The van der Waals surface area contributed by atoms with Crippen molar-refractivity contribution in [3.05, 3.63) is 21.9 Å². The Hall–Kier alpha value is -1.60. The molecule has 3 rings (SSSR count). The number of nitrogens with zero attached hydrogens (tertiary/aromatic N) is 3. The van der Waals surface area contributed by atoms with Crippen molar-refractivity contribution in [1.82, 2.24) is 20.4 Å². The van der Waals surface area contributed by atoms with Gasteiger partial charge in [0.25, 0.3) is 0 Å². The number of hydrogen-bond acceptors (Lipinski definition) is 4. The zero-order chi connectivity index (χ0) is 20.0. The first kappa shape index (κ1) is 21.1. The number of thiophene rings is 1. The Kier molecular flexibility index (Phi) is 7.35. The first-order valence-corrected chi connectivity index (χ1v) is 11.4. The van der Waals surface area contributed by atoms with Gasteiger partial charge in [-0.3, -0.25) is 14.7 Å². The smallest absolute Gasteiger partial charge is 0.230 e. The van der Waals surface area contributed by atoms with Crippen molar-refractivity contribution in [1.29, 1.82) is 0 Å². The molecule has 1 amide bonds. The van der Waals surface area contributed by atoms with E-state index in [0.717, 1.165) is 70.8 Å². The lowest BCUT2D eigenvalue weighted by Gasteiger charge is -2.29. The quantitative estimate of drug-likeness (QED) is 0.540. The van der Waals surface area contributed by atoms with Crippen LogP contribution in [0.25, 0.3) is 0 Å². The van der Waals surface area contributed by atoms with E-state index < -0.39 is 0 Å². The highest BCUT2D eigenvalue weighted by molar-refractivity contribution is 7.10. The van der Waals surface area contributed by atoms with Crippen LogP contribution >= 0.6 is 11.3 Å². The number of amides is 1. The molecule has 2 aliphatic rings. The second-order valence-electron chi connectivity index (χ2n) is 8.20. The van der Waals surface area contributed by atoms with Crippen LogP contribution in [0.5, 0.6) is 0 Å². The molecule has 1 aliphatic heterocycles. The molecule has 156 valence electrons. The van der Waals surface area contributed by atoms with E-state index in [9.17, 15) is 4.79 Å². The molecule has 6 nitrogen and oxygen atoms in total. The Labute approximate surface area is 173 Å². The van der Waals surface area contributed by atoms with E-state index in [1.54, 1.807) is 9.78 Å². The van der Waals surface area contributed by atoms with Crippen LogP contribution in [0.1, 0.15) is 43.0 Å². The first-order valence-electron chi connectivity index (χ1n) is 10.6. The van der Waals surface area contributed by atoms with Gasteiger partial charge < -0.3 is 15.5 Å². The summed E-state index contributed by atoms with van der Waals surface area (Å²) >= 11 is 1.88. The Morgan fingerprint density at radius 1 is 1.32 bits per heavy atom. The van der Waals surface area contributed by atoms with E-state index in [1.165, 1.54) is 5.56 Å². The molecule has 1 aliphatic carbocycles. The van der Waals surface area contributed by atoms with Gasteiger partial charge >= 0.3 is 0 Å². The third kappa shape index (κ3) is 5.06. The number of aliphatic imine (C=N–C) groups is 1. The topological polar surface area (TPSA) is 60.0 Å². The SMILES string of the molecule is CCNC(=NCC1(C(=O)N(C)C)CCCC1)NCCN1CCc2sccc2C1. The maximum absolute atomic E-state index is 12.7. The monoisotopic (exact) mass is 405 g/mol. The molecule has 0 atom stereocenters. The maximum atomic E-state index is 12.7. The molecule has 0 spiro atoms. The fraction of sp³-hybridized carbons (Fsp3) is 0.714. The van der Waals surface area contributed by atoms with Gasteiger partial charge in [0.15, 0.2) is 5.96 Å². The van der Waals surface area contributed by atoms with E-state index in [4.69, 9.17) is 4.99 Å². The lowest BCUT2D eigenvalue weighted by molar-refractivity contribution is -0.138. The largest absolute Gasteiger partial charge is 0.357 e. The van der Waals surface area contributed by atoms with Crippen LogP contribution in [0.15, 0.2) is 16.4 Å². The number of hydrogen-bond donors (Lipinski definition) is 2. The molecule has 1 aromatic heterocycles. The third-order valence-corrected chi connectivity index (χ3v) is 6.93. The summed E-state index contributed by atoms with van der Waals surface area (Å²) < 4.78 is 0. The van der Waals surface area contributed by atoms with Gasteiger partial charge in [0.1, 0.15) is 0 Å². The van der Waals surface area contributed by atoms with Crippen LogP contribution in [0, 0.1) is 5.41 Å². The second kappa shape index (κ2) is 9.74. The molecule has 0 aromatic carbocycles. The zero-order valence-corrected chi connectivity index (χ0v) is 18.4. The number of nitrogens with one attached hydrogen (secondary N) is 2. The normalized spacial score (nSPS) is 19.3. The minimum absolute atomic E-state index is 0.226. The number of carbonyl (C=O) groups excluding carboxylic acids is 1. The predicted octanol–water partition coefficient (Wildman–Crippen LogP) is 2.31. The van der Waals surface area contributed by atoms with E-state index in [0.29, 0.717) is 6.54 Å². The van der Waals surface area contributed by atoms with Gasteiger partial charge in [-0.1, -0.05) is 12.8 Å². The summed E-state index contributed by atoms with van der Waals surface area (Å²) in [4.78, 5) is 23.3. The number of rotatable bonds is 7. The zero-order valence-electron chi connectivity index (χ0n) is 17.6. The average molecular weight is 406 g/mol. The molecule has 1 fully saturated rings. The molecule has 1 aromatic rings. The van der Waals surface area contributed by atoms with Crippen LogP contribution in [0.4, 0.5) is 0 Å². The highest BCUT2D eigenvalue weighted by Gasteiger charge is 2.42. The standard InChI is InChI=1S/C21H35N5OS/c1-4-22-20(24-16-21(9-5-6-10-21)19(27)25(2)3)23-11-13-26-12-7-18-17(15-26)8-14-28-18/h8,14H,4-7,9-13,15-16H2,1-3H3,(H2,22,23,24). The van der Waals surface area contributed by atoms with Crippen LogP contribution in [0.2, 0.25) is 0 Å². The fourth-order valence-corrected chi connectivity index (χ4v) is 5.26. The lowest BCUT2D eigenvalue weighted by atomic mass is 9.85. The van der Waals surface area contributed by atoms with E-state index in [-0.39, 0.29) is 11.3 Å². The Morgan fingerprint density at radius 2 is 2.11 bits per heavy atom. The van der Waals surface area contributed by atoms with Crippen molar-refractivity contribution in [3.63, 3.8) is 0 Å². The van der Waals surface area contributed by atoms with Gasteiger partial charge in [-0.2, -0.15) is 0 Å².